The predicted molar refractivity (Wildman–Crippen MR) is 88.2 cm³/mol. The van der Waals surface area contributed by atoms with E-state index in [1.54, 1.807) is 0 Å². The minimum atomic E-state index is 1.13. The average Bonchev–Trinajstić information content (AvgIpc) is 2.42. The van der Waals surface area contributed by atoms with Crippen LogP contribution in [-0.4, -0.2) is 0 Å². The quantitative estimate of drug-likeness (QED) is 0.543. The molecule has 1 rings (SSSR count). The van der Waals surface area contributed by atoms with Crippen LogP contribution in [0.4, 0.5) is 0 Å². The van der Waals surface area contributed by atoms with Crippen LogP contribution in [0.3, 0.4) is 0 Å². The van der Waals surface area contributed by atoms with E-state index in [0.29, 0.717) is 0 Å². The van der Waals surface area contributed by atoms with Crippen molar-refractivity contribution >= 4 is 11.1 Å². The van der Waals surface area contributed by atoms with Crippen molar-refractivity contribution < 1.29 is 0 Å². The summed E-state index contributed by atoms with van der Waals surface area (Å²) < 4.78 is 0. The molecule has 0 aromatic heterocycles. The number of hydrogen-bond acceptors (Lipinski definition) is 0. The second-order valence-electron chi connectivity index (χ2n) is 5.13. The van der Waals surface area contributed by atoms with Crippen molar-refractivity contribution in [2.75, 3.05) is 0 Å². The van der Waals surface area contributed by atoms with Gasteiger partial charge in [-0.05, 0) is 61.9 Å². The highest BCUT2D eigenvalue weighted by molar-refractivity contribution is 5.73. The van der Waals surface area contributed by atoms with Crippen molar-refractivity contribution in [1.82, 2.24) is 0 Å². The van der Waals surface area contributed by atoms with Crippen molar-refractivity contribution in [2.45, 2.75) is 47.0 Å². The van der Waals surface area contributed by atoms with Gasteiger partial charge in [0, 0.05) is 0 Å². The van der Waals surface area contributed by atoms with Gasteiger partial charge in [0.25, 0.3) is 0 Å². The van der Waals surface area contributed by atoms with Gasteiger partial charge in [-0.2, -0.15) is 0 Å². The summed E-state index contributed by atoms with van der Waals surface area (Å²) in [6, 6.07) is 6.74. The zero-order chi connectivity index (χ0) is 14.3. The van der Waals surface area contributed by atoms with Crippen molar-refractivity contribution in [3.05, 3.63) is 59.7 Å². The van der Waals surface area contributed by atoms with E-state index in [-0.39, 0.29) is 0 Å². The molecule has 0 unspecified atom stereocenters. The standard InChI is InChI=1S/C19H26/c1-6-8-10-16(5)19-14-18(15(3)4)13-12-17(19)11-9-7-2/h6,8,10,12-14H,3,7,9,11H2,1-2,4-5H3/b8-6-,16-10+. The normalized spacial score (nSPS) is 12.1. The largest absolute Gasteiger partial charge is 0.0955 e. The molecule has 0 N–H and O–H groups in total. The Labute approximate surface area is 118 Å². The van der Waals surface area contributed by atoms with Gasteiger partial charge in [-0.3, -0.25) is 0 Å². The maximum atomic E-state index is 4.05. The highest BCUT2D eigenvalue weighted by atomic mass is 14.1. The first-order chi connectivity index (χ1) is 9.10. The third-order valence-corrected chi connectivity index (χ3v) is 3.37. The van der Waals surface area contributed by atoms with Crippen LogP contribution in [0.5, 0.6) is 0 Å². The summed E-state index contributed by atoms with van der Waals surface area (Å²) in [4.78, 5) is 0. The van der Waals surface area contributed by atoms with E-state index in [0.717, 1.165) is 12.0 Å². The van der Waals surface area contributed by atoms with Crippen LogP contribution < -0.4 is 0 Å². The number of allylic oxidation sites excluding steroid dienone is 5. The smallest absolute Gasteiger partial charge is 0.0189 e. The molecule has 102 valence electrons. The highest BCUT2D eigenvalue weighted by Gasteiger charge is 2.06. The van der Waals surface area contributed by atoms with E-state index >= 15 is 0 Å². The molecule has 0 aliphatic carbocycles. The van der Waals surface area contributed by atoms with Crippen molar-refractivity contribution in [2.24, 2.45) is 0 Å². The third kappa shape index (κ3) is 4.55. The van der Waals surface area contributed by atoms with Crippen LogP contribution in [0.1, 0.15) is 57.2 Å². The molecule has 0 atom stereocenters. The molecular weight excluding hydrogens is 228 g/mol. The molecule has 0 nitrogen and oxygen atoms in total. The second kappa shape index (κ2) is 7.78. The first-order valence-corrected chi connectivity index (χ1v) is 7.18. The molecule has 0 bridgehead atoms. The summed E-state index contributed by atoms with van der Waals surface area (Å²) in [5.74, 6) is 0. The topological polar surface area (TPSA) is 0 Å². The summed E-state index contributed by atoms with van der Waals surface area (Å²) in [5, 5.41) is 0. The number of rotatable bonds is 6. The summed E-state index contributed by atoms with van der Waals surface area (Å²) >= 11 is 0. The van der Waals surface area contributed by atoms with Crippen LogP contribution in [0.25, 0.3) is 11.1 Å². The van der Waals surface area contributed by atoms with Crippen LogP contribution in [0.15, 0.2) is 43.0 Å². The van der Waals surface area contributed by atoms with Crippen LogP contribution >= 0.6 is 0 Å². The predicted octanol–water partition coefficient (Wildman–Crippen LogP) is 6.04. The Morgan fingerprint density at radius 1 is 1.26 bits per heavy atom. The second-order valence-corrected chi connectivity index (χ2v) is 5.13. The fraction of sp³-hybridized carbons (Fsp3) is 0.368. The number of hydrogen-bond donors (Lipinski definition) is 0. The minimum absolute atomic E-state index is 1.13. The highest BCUT2D eigenvalue weighted by Crippen LogP contribution is 2.25. The lowest BCUT2D eigenvalue weighted by Gasteiger charge is -2.12. The molecule has 0 amide bonds. The van der Waals surface area contributed by atoms with Crippen LogP contribution in [-0.2, 0) is 6.42 Å². The van der Waals surface area contributed by atoms with E-state index in [4.69, 9.17) is 0 Å². The van der Waals surface area contributed by atoms with Gasteiger partial charge in [0.05, 0.1) is 0 Å². The average molecular weight is 254 g/mol. The fourth-order valence-corrected chi connectivity index (χ4v) is 2.12. The van der Waals surface area contributed by atoms with E-state index in [9.17, 15) is 0 Å². The SMILES string of the molecule is C=C(C)c1ccc(CCCC)c(/C(C)=C/C=C\C)c1. The summed E-state index contributed by atoms with van der Waals surface area (Å²) in [6.07, 6.45) is 10.00. The van der Waals surface area contributed by atoms with Crippen LogP contribution in [0.2, 0.25) is 0 Å². The lowest BCUT2D eigenvalue weighted by atomic mass is 9.93. The molecule has 0 aliphatic rings. The Balaban J connectivity index is 3.20. The zero-order valence-electron chi connectivity index (χ0n) is 12.8. The molecule has 0 heteroatoms. The molecule has 0 radical (unpaired) electrons. The van der Waals surface area contributed by atoms with Gasteiger partial charge in [0.2, 0.25) is 0 Å². The van der Waals surface area contributed by atoms with Gasteiger partial charge in [-0.15, -0.1) is 0 Å². The van der Waals surface area contributed by atoms with Gasteiger partial charge in [0.1, 0.15) is 0 Å². The van der Waals surface area contributed by atoms with Crippen molar-refractivity contribution in [3.8, 4) is 0 Å². The Kier molecular flexibility index (Phi) is 6.35. The molecule has 0 fully saturated rings. The third-order valence-electron chi connectivity index (χ3n) is 3.37. The molecular formula is C19H26. The van der Waals surface area contributed by atoms with Crippen LogP contribution in [0, 0.1) is 0 Å². The summed E-state index contributed by atoms with van der Waals surface area (Å²) in [7, 11) is 0. The minimum Gasteiger partial charge on any atom is -0.0955 e. The van der Waals surface area contributed by atoms with Gasteiger partial charge < -0.3 is 0 Å². The number of benzene rings is 1. The lowest BCUT2D eigenvalue weighted by Crippen LogP contribution is -1.94. The molecule has 19 heavy (non-hydrogen) atoms. The maximum Gasteiger partial charge on any atom is -0.0189 e. The Hall–Kier alpha value is -1.56. The van der Waals surface area contributed by atoms with Crippen molar-refractivity contribution in [3.63, 3.8) is 0 Å². The van der Waals surface area contributed by atoms with Gasteiger partial charge in [-0.1, -0.05) is 55.9 Å². The zero-order valence-corrected chi connectivity index (χ0v) is 12.8. The molecule has 0 aliphatic heterocycles. The van der Waals surface area contributed by atoms with Gasteiger partial charge >= 0.3 is 0 Å². The van der Waals surface area contributed by atoms with Crippen molar-refractivity contribution in [1.29, 1.82) is 0 Å². The first kappa shape index (κ1) is 15.5. The molecule has 0 spiro atoms. The van der Waals surface area contributed by atoms with Gasteiger partial charge in [0.15, 0.2) is 0 Å². The molecule has 1 aromatic rings. The first-order valence-electron chi connectivity index (χ1n) is 7.18. The Bertz CT molecular complexity index is 487. The summed E-state index contributed by atoms with van der Waals surface area (Å²) in [6.45, 7) is 12.6. The molecule has 0 heterocycles. The Morgan fingerprint density at radius 2 is 2.00 bits per heavy atom. The number of aryl methyl sites for hydroxylation is 1. The monoisotopic (exact) mass is 254 g/mol. The Morgan fingerprint density at radius 3 is 2.58 bits per heavy atom. The maximum absolute atomic E-state index is 4.05. The summed E-state index contributed by atoms with van der Waals surface area (Å²) in [5.41, 5.74) is 6.51. The molecule has 0 saturated carbocycles. The van der Waals surface area contributed by atoms with E-state index in [1.807, 2.05) is 6.92 Å². The van der Waals surface area contributed by atoms with Gasteiger partial charge in [-0.25, -0.2) is 0 Å². The van der Waals surface area contributed by atoms with E-state index in [1.165, 1.54) is 35.1 Å². The molecule has 1 aromatic carbocycles. The lowest BCUT2D eigenvalue weighted by molar-refractivity contribution is 0.793. The van der Waals surface area contributed by atoms with E-state index < -0.39 is 0 Å². The fourth-order valence-electron chi connectivity index (χ4n) is 2.12. The number of unbranched alkanes of at least 4 members (excludes halogenated alkanes) is 1. The molecule has 0 saturated heterocycles. The van der Waals surface area contributed by atoms with E-state index in [2.05, 4.69) is 63.8 Å².